The maximum Gasteiger partial charge on any atom is 0.409 e. The molecule has 7 nitrogen and oxygen atoms in total. The van der Waals surface area contributed by atoms with Gasteiger partial charge in [-0.15, -0.1) is 0 Å². The summed E-state index contributed by atoms with van der Waals surface area (Å²) in [5, 5.41) is 7.48. The Morgan fingerprint density at radius 3 is 2.33 bits per heavy atom. The van der Waals surface area contributed by atoms with Gasteiger partial charge < -0.3 is 15.0 Å². The van der Waals surface area contributed by atoms with Crippen LogP contribution in [-0.4, -0.2) is 40.8 Å². The Hall–Kier alpha value is -3.61. The lowest BCUT2D eigenvalue weighted by molar-refractivity contribution is 0.102. The van der Waals surface area contributed by atoms with Crippen molar-refractivity contribution < 1.29 is 14.3 Å². The van der Waals surface area contributed by atoms with E-state index in [0.29, 0.717) is 30.0 Å². The summed E-state index contributed by atoms with van der Waals surface area (Å²) in [7, 11) is 3.02. The van der Waals surface area contributed by atoms with Crippen molar-refractivity contribution in [2.24, 2.45) is 0 Å². The Balaban J connectivity index is 1.69. The van der Waals surface area contributed by atoms with Crippen LogP contribution in [0.2, 0.25) is 0 Å². The zero-order valence-electron chi connectivity index (χ0n) is 17.7. The van der Waals surface area contributed by atoms with E-state index in [1.54, 1.807) is 7.05 Å². The number of hydrogen-bond acceptors (Lipinski definition) is 4. The van der Waals surface area contributed by atoms with Crippen LogP contribution in [0.1, 0.15) is 32.9 Å². The van der Waals surface area contributed by atoms with Gasteiger partial charge >= 0.3 is 6.09 Å². The molecule has 2 aromatic carbocycles. The van der Waals surface area contributed by atoms with Gasteiger partial charge in [0.25, 0.3) is 5.91 Å². The van der Waals surface area contributed by atoms with Gasteiger partial charge in [0.15, 0.2) is 0 Å². The fourth-order valence-corrected chi connectivity index (χ4v) is 3.32. The van der Waals surface area contributed by atoms with E-state index in [0.717, 1.165) is 16.8 Å². The molecule has 0 aliphatic carbocycles. The molecule has 1 heterocycles. The monoisotopic (exact) mass is 406 g/mol. The summed E-state index contributed by atoms with van der Waals surface area (Å²) in [5.41, 5.74) is 4.84. The first-order valence-corrected chi connectivity index (χ1v) is 9.66. The van der Waals surface area contributed by atoms with Gasteiger partial charge in [-0.1, -0.05) is 42.5 Å². The number of carbonyl (C=O) groups excluding carboxylic acids is 2. The molecule has 0 bridgehead atoms. The SMILES string of the molecule is COC(=O)N(C)Cc1ccc(NC(=O)c2c(C)nn(Cc3ccccc3)c2C)cc1. The van der Waals surface area contributed by atoms with Crippen LogP contribution in [0.5, 0.6) is 0 Å². The molecule has 0 radical (unpaired) electrons. The summed E-state index contributed by atoms with van der Waals surface area (Å²) in [6.07, 6.45) is -0.397. The molecule has 0 unspecified atom stereocenters. The zero-order valence-corrected chi connectivity index (χ0v) is 17.7. The van der Waals surface area contributed by atoms with Gasteiger partial charge in [0, 0.05) is 25.0 Å². The van der Waals surface area contributed by atoms with E-state index in [1.165, 1.54) is 12.0 Å². The minimum absolute atomic E-state index is 0.191. The van der Waals surface area contributed by atoms with Gasteiger partial charge in [0.2, 0.25) is 0 Å². The molecule has 0 saturated carbocycles. The van der Waals surface area contributed by atoms with E-state index >= 15 is 0 Å². The summed E-state index contributed by atoms with van der Waals surface area (Å²) in [5.74, 6) is -0.191. The number of methoxy groups -OCH3 is 1. The van der Waals surface area contributed by atoms with Crippen molar-refractivity contribution in [1.82, 2.24) is 14.7 Å². The Morgan fingerprint density at radius 2 is 1.70 bits per heavy atom. The third kappa shape index (κ3) is 4.86. The quantitative estimate of drug-likeness (QED) is 0.671. The molecule has 3 rings (SSSR count). The smallest absolute Gasteiger partial charge is 0.409 e. The lowest BCUT2D eigenvalue weighted by Crippen LogP contribution is -2.25. The minimum atomic E-state index is -0.397. The van der Waals surface area contributed by atoms with Crippen LogP contribution >= 0.6 is 0 Å². The predicted octanol–water partition coefficient (Wildman–Crippen LogP) is 4.00. The van der Waals surface area contributed by atoms with Crippen molar-refractivity contribution in [3.8, 4) is 0 Å². The summed E-state index contributed by atoms with van der Waals surface area (Å²) in [4.78, 5) is 25.9. The molecule has 3 aromatic rings. The molecule has 1 aromatic heterocycles. The van der Waals surface area contributed by atoms with Crippen LogP contribution in [0.25, 0.3) is 0 Å². The van der Waals surface area contributed by atoms with Crippen molar-refractivity contribution in [2.45, 2.75) is 26.9 Å². The van der Waals surface area contributed by atoms with Gasteiger partial charge in [0.1, 0.15) is 0 Å². The van der Waals surface area contributed by atoms with Crippen LogP contribution in [0.4, 0.5) is 10.5 Å². The molecule has 0 spiro atoms. The van der Waals surface area contributed by atoms with Crippen molar-refractivity contribution in [3.05, 3.63) is 82.7 Å². The predicted molar refractivity (Wildman–Crippen MR) is 116 cm³/mol. The number of benzene rings is 2. The minimum Gasteiger partial charge on any atom is -0.453 e. The number of ether oxygens (including phenoxy) is 1. The zero-order chi connectivity index (χ0) is 21.7. The molecule has 30 heavy (non-hydrogen) atoms. The molecular weight excluding hydrogens is 380 g/mol. The normalized spacial score (nSPS) is 10.5. The summed E-state index contributed by atoms with van der Waals surface area (Å²) < 4.78 is 6.55. The Labute approximate surface area is 176 Å². The van der Waals surface area contributed by atoms with Gasteiger partial charge in [-0.05, 0) is 37.1 Å². The van der Waals surface area contributed by atoms with E-state index in [-0.39, 0.29) is 5.91 Å². The maximum absolute atomic E-state index is 12.9. The highest BCUT2D eigenvalue weighted by atomic mass is 16.5. The molecule has 156 valence electrons. The van der Waals surface area contributed by atoms with Gasteiger partial charge in [-0.25, -0.2) is 4.79 Å². The average Bonchev–Trinajstić information content (AvgIpc) is 3.02. The number of nitrogens with one attached hydrogen (secondary N) is 1. The van der Waals surface area contributed by atoms with Crippen molar-refractivity contribution in [2.75, 3.05) is 19.5 Å². The number of carbonyl (C=O) groups is 2. The first-order valence-electron chi connectivity index (χ1n) is 9.66. The maximum atomic E-state index is 12.9. The van der Waals surface area contributed by atoms with E-state index in [9.17, 15) is 9.59 Å². The number of aryl methyl sites for hydroxylation is 1. The average molecular weight is 406 g/mol. The number of amides is 2. The Morgan fingerprint density at radius 1 is 1.03 bits per heavy atom. The molecule has 0 aliphatic rings. The number of hydrogen-bond donors (Lipinski definition) is 1. The van der Waals surface area contributed by atoms with Crippen molar-refractivity contribution >= 4 is 17.7 Å². The van der Waals surface area contributed by atoms with E-state index < -0.39 is 6.09 Å². The lowest BCUT2D eigenvalue weighted by Gasteiger charge is -2.15. The van der Waals surface area contributed by atoms with Crippen LogP contribution in [-0.2, 0) is 17.8 Å². The fourth-order valence-electron chi connectivity index (χ4n) is 3.32. The molecule has 0 saturated heterocycles. The van der Waals surface area contributed by atoms with Crippen LogP contribution < -0.4 is 5.32 Å². The highest BCUT2D eigenvalue weighted by Gasteiger charge is 2.19. The third-order valence-corrected chi connectivity index (χ3v) is 4.90. The van der Waals surface area contributed by atoms with Gasteiger partial charge in [-0.2, -0.15) is 5.10 Å². The van der Waals surface area contributed by atoms with Crippen LogP contribution in [0, 0.1) is 13.8 Å². The first-order chi connectivity index (χ1) is 14.4. The molecule has 7 heteroatoms. The summed E-state index contributed by atoms with van der Waals surface area (Å²) >= 11 is 0. The Kier molecular flexibility index (Phi) is 6.51. The molecular formula is C23H26N4O3. The lowest BCUT2D eigenvalue weighted by atomic mass is 10.1. The van der Waals surface area contributed by atoms with Crippen LogP contribution in [0.3, 0.4) is 0 Å². The van der Waals surface area contributed by atoms with E-state index in [2.05, 4.69) is 10.4 Å². The largest absolute Gasteiger partial charge is 0.453 e. The summed E-state index contributed by atoms with van der Waals surface area (Å²) in [6, 6.07) is 17.4. The standard InChI is InChI=1S/C23H26N4O3/c1-16-21(17(2)27(25-16)15-18-8-6-5-7-9-18)22(28)24-20-12-10-19(11-13-20)14-26(3)23(29)30-4/h5-13H,14-15H2,1-4H3,(H,24,28). The first kappa shape index (κ1) is 21.1. The van der Waals surface area contributed by atoms with Gasteiger partial charge in [-0.3, -0.25) is 9.48 Å². The molecule has 2 amide bonds. The highest BCUT2D eigenvalue weighted by Crippen LogP contribution is 2.18. The highest BCUT2D eigenvalue weighted by molar-refractivity contribution is 6.05. The molecule has 0 atom stereocenters. The second-order valence-corrected chi connectivity index (χ2v) is 7.17. The second-order valence-electron chi connectivity index (χ2n) is 7.17. The number of rotatable bonds is 6. The third-order valence-electron chi connectivity index (χ3n) is 4.90. The van der Waals surface area contributed by atoms with Gasteiger partial charge in [0.05, 0.1) is 24.9 Å². The number of anilines is 1. The van der Waals surface area contributed by atoms with Crippen molar-refractivity contribution in [3.63, 3.8) is 0 Å². The van der Waals surface area contributed by atoms with E-state index in [1.807, 2.05) is 73.1 Å². The topological polar surface area (TPSA) is 76.5 Å². The van der Waals surface area contributed by atoms with E-state index in [4.69, 9.17) is 4.74 Å². The second kappa shape index (κ2) is 9.26. The van der Waals surface area contributed by atoms with Crippen molar-refractivity contribution in [1.29, 1.82) is 0 Å². The molecule has 0 aliphatic heterocycles. The summed E-state index contributed by atoms with van der Waals surface area (Å²) in [6.45, 7) is 4.79. The Bertz CT molecular complexity index is 1030. The molecule has 1 N–H and O–H groups in total. The fraction of sp³-hybridized carbons (Fsp3) is 0.261. The number of aromatic nitrogens is 2. The van der Waals surface area contributed by atoms with Crippen LogP contribution in [0.15, 0.2) is 54.6 Å². The number of nitrogens with zero attached hydrogens (tertiary/aromatic N) is 3. The molecule has 0 fully saturated rings.